The van der Waals surface area contributed by atoms with Crippen molar-refractivity contribution in [2.45, 2.75) is 64.0 Å². The molecule has 1 fully saturated rings. The molecule has 2 unspecified atom stereocenters. The molecule has 2 aliphatic carbocycles. The van der Waals surface area contributed by atoms with Crippen molar-refractivity contribution in [3.05, 3.63) is 45.1 Å². The third-order valence-electron chi connectivity index (χ3n) is 6.47. The van der Waals surface area contributed by atoms with Gasteiger partial charge in [0, 0.05) is 22.9 Å². The van der Waals surface area contributed by atoms with Gasteiger partial charge in [-0.1, -0.05) is 36.2 Å². The number of carbonyl (C=O) groups is 1. The summed E-state index contributed by atoms with van der Waals surface area (Å²) in [7, 11) is -4.02. The fourth-order valence-corrected chi connectivity index (χ4v) is 6.67. The summed E-state index contributed by atoms with van der Waals surface area (Å²) in [4.78, 5) is 16.7. The molecule has 10 heteroatoms. The van der Waals surface area contributed by atoms with Crippen LogP contribution in [0.2, 0.25) is 5.15 Å². The van der Waals surface area contributed by atoms with Gasteiger partial charge in [-0.15, -0.1) is 0 Å². The standard InChI is InChI=1S/C22H26Cl2F2N2O3S/c1-4-14-5-6-16(32(30,31)13(2)12-22(8-9-22)21(3,25)26)19(24)18(14)20(29)28-15-7-10-27-17(23)11-15/h6-7,10-11,13-14H,4-5,8-9,12H2,1-3H3,(H,27,28,29). The van der Waals surface area contributed by atoms with Crippen molar-refractivity contribution in [3.8, 4) is 0 Å². The van der Waals surface area contributed by atoms with Crippen LogP contribution in [0, 0.1) is 11.3 Å². The van der Waals surface area contributed by atoms with Gasteiger partial charge in [0.25, 0.3) is 11.8 Å². The lowest BCUT2D eigenvalue weighted by atomic mass is 9.88. The highest BCUT2D eigenvalue weighted by Gasteiger charge is 2.60. The molecule has 1 amide bonds. The second-order valence-corrected chi connectivity index (χ2v) is 11.8. The van der Waals surface area contributed by atoms with Gasteiger partial charge in [0.05, 0.1) is 15.2 Å². The van der Waals surface area contributed by atoms with Crippen molar-refractivity contribution in [2.24, 2.45) is 11.3 Å². The molecule has 1 heterocycles. The second kappa shape index (κ2) is 9.03. The van der Waals surface area contributed by atoms with Crippen molar-refractivity contribution >= 4 is 44.6 Å². The highest BCUT2D eigenvalue weighted by molar-refractivity contribution is 7.96. The minimum atomic E-state index is -4.02. The van der Waals surface area contributed by atoms with E-state index < -0.39 is 32.3 Å². The van der Waals surface area contributed by atoms with Gasteiger partial charge in [-0.3, -0.25) is 4.79 Å². The summed E-state index contributed by atoms with van der Waals surface area (Å²) in [5.74, 6) is -3.76. The number of halogens is 4. The molecule has 176 valence electrons. The van der Waals surface area contributed by atoms with E-state index >= 15 is 0 Å². The van der Waals surface area contributed by atoms with Crippen LogP contribution in [0.4, 0.5) is 14.5 Å². The molecule has 1 saturated carbocycles. The first-order valence-corrected chi connectivity index (χ1v) is 12.8. The molecule has 0 bridgehead atoms. The largest absolute Gasteiger partial charge is 0.322 e. The van der Waals surface area contributed by atoms with E-state index in [1.165, 1.54) is 25.3 Å². The summed E-state index contributed by atoms with van der Waals surface area (Å²) in [6.45, 7) is 4.14. The van der Waals surface area contributed by atoms with Crippen molar-refractivity contribution in [3.63, 3.8) is 0 Å². The highest BCUT2D eigenvalue weighted by atomic mass is 35.5. The molecule has 2 atom stereocenters. The number of nitrogens with one attached hydrogen (secondary N) is 1. The zero-order valence-electron chi connectivity index (χ0n) is 18.1. The normalized spacial score (nSPS) is 21.7. The van der Waals surface area contributed by atoms with Crippen molar-refractivity contribution in [1.29, 1.82) is 0 Å². The second-order valence-electron chi connectivity index (χ2n) is 8.69. The molecular formula is C22H26Cl2F2N2O3S. The summed E-state index contributed by atoms with van der Waals surface area (Å²) < 4.78 is 54.6. The van der Waals surface area contributed by atoms with E-state index in [-0.39, 0.29) is 33.0 Å². The van der Waals surface area contributed by atoms with E-state index in [2.05, 4.69) is 10.3 Å². The van der Waals surface area contributed by atoms with Gasteiger partial charge in [-0.2, -0.15) is 0 Å². The van der Waals surface area contributed by atoms with Crippen LogP contribution >= 0.6 is 23.2 Å². The topological polar surface area (TPSA) is 76.1 Å². The molecule has 0 saturated heterocycles. The number of amides is 1. The van der Waals surface area contributed by atoms with Crippen LogP contribution in [0.5, 0.6) is 0 Å². The lowest BCUT2D eigenvalue weighted by Crippen LogP contribution is -2.33. The molecule has 1 aromatic rings. The van der Waals surface area contributed by atoms with E-state index in [1.807, 2.05) is 6.92 Å². The van der Waals surface area contributed by atoms with Gasteiger partial charge < -0.3 is 5.32 Å². The minimum Gasteiger partial charge on any atom is -0.322 e. The maximum absolute atomic E-state index is 14.0. The lowest BCUT2D eigenvalue weighted by molar-refractivity contribution is -0.113. The number of carbonyl (C=O) groups excluding carboxylic acids is 1. The van der Waals surface area contributed by atoms with Crippen LogP contribution in [0.15, 0.2) is 39.9 Å². The summed E-state index contributed by atoms with van der Waals surface area (Å²) in [5.41, 5.74) is -0.732. The molecule has 1 aromatic heterocycles. The van der Waals surface area contributed by atoms with Crippen LogP contribution in [0.25, 0.3) is 0 Å². The van der Waals surface area contributed by atoms with E-state index in [9.17, 15) is 22.0 Å². The van der Waals surface area contributed by atoms with Crippen molar-refractivity contribution < 1.29 is 22.0 Å². The van der Waals surface area contributed by atoms with Crippen molar-refractivity contribution in [2.75, 3.05) is 5.32 Å². The SMILES string of the molecule is CCC1CC=C(S(=O)(=O)C(C)CC2(C(C)(F)F)CC2)C(Cl)=C1C(=O)Nc1ccnc(Cl)c1. The molecule has 0 aromatic carbocycles. The Kier molecular flexibility index (Phi) is 7.09. The smallest absolute Gasteiger partial charge is 0.253 e. The Morgan fingerprint density at radius 3 is 2.56 bits per heavy atom. The van der Waals surface area contributed by atoms with Gasteiger partial charge in [-0.25, -0.2) is 22.2 Å². The molecule has 5 nitrogen and oxygen atoms in total. The number of allylic oxidation sites excluding steroid dienone is 2. The zero-order valence-corrected chi connectivity index (χ0v) is 20.4. The van der Waals surface area contributed by atoms with Gasteiger partial charge in [-0.05, 0) is 64.0 Å². The number of alkyl halides is 2. The number of pyridine rings is 1. The number of sulfone groups is 1. The van der Waals surface area contributed by atoms with Crippen LogP contribution < -0.4 is 5.32 Å². The van der Waals surface area contributed by atoms with Gasteiger partial charge in [0.1, 0.15) is 5.15 Å². The number of rotatable bonds is 8. The summed E-state index contributed by atoms with van der Waals surface area (Å²) in [5, 5.41) is 1.67. The average molecular weight is 507 g/mol. The molecule has 0 aliphatic heterocycles. The van der Waals surface area contributed by atoms with Gasteiger partial charge in [0.2, 0.25) is 0 Å². The summed E-state index contributed by atoms with van der Waals surface area (Å²) in [6.07, 6.45) is 4.24. The van der Waals surface area contributed by atoms with Crippen LogP contribution in [-0.4, -0.2) is 30.5 Å². The van der Waals surface area contributed by atoms with Crippen LogP contribution in [-0.2, 0) is 14.6 Å². The predicted molar refractivity (Wildman–Crippen MR) is 123 cm³/mol. The predicted octanol–water partition coefficient (Wildman–Crippen LogP) is 6.11. The molecular weight excluding hydrogens is 481 g/mol. The third kappa shape index (κ3) is 4.87. The molecule has 0 spiro atoms. The first-order chi connectivity index (χ1) is 14.8. The van der Waals surface area contributed by atoms with E-state index in [0.29, 0.717) is 31.4 Å². The maximum Gasteiger partial charge on any atom is 0.253 e. The Morgan fingerprint density at radius 2 is 2.03 bits per heavy atom. The summed E-state index contributed by atoms with van der Waals surface area (Å²) in [6, 6.07) is 3.02. The fourth-order valence-electron chi connectivity index (χ4n) is 4.19. The van der Waals surface area contributed by atoms with Gasteiger partial charge >= 0.3 is 0 Å². The van der Waals surface area contributed by atoms with E-state index in [4.69, 9.17) is 23.2 Å². The Bertz CT molecular complexity index is 1080. The number of hydrogen-bond acceptors (Lipinski definition) is 4. The molecule has 1 N–H and O–H groups in total. The summed E-state index contributed by atoms with van der Waals surface area (Å²) >= 11 is 12.4. The Morgan fingerprint density at radius 1 is 1.38 bits per heavy atom. The number of anilines is 1. The molecule has 2 aliphatic rings. The molecule has 0 radical (unpaired) electrons. The Labute approximate surface area is 197 Å². The van der Waals surface area contributed by atoms with E-state index in [0.717, 1.165) is 6.92 Å². The van der Waals surface area contributed by atoms with E-state index in [1.54, 1.807) is 6.07 Å². The fraction of sp³-hybridized carbons (Fsp3) is 0.545. The first kappa shape index (κ1) is 25.1. The molecule has 32 heavy (non-hydrogen) atoms. The van der Waals surface area contributed by atoms with Crippen molar-refractivity contribution in [1.82, 2.24) is 4.98 Å². The highest BCUT2D eigenvalue weighted by Crippen LogP contribution is 2.60. The number of aromatic nitrogens is 1. The Balaban J connectivity index is 1.90. The monoisotopic (exact) mass is 506 g/mol. The number of hydrogen-bond donors (Lipinski definition) is 1. The number of nitrogens with zero attached hydrogens (tertiary/aromatic N) is 1. The van der Waals surface area contributed by atoms with Crippen LogP contribution in [0.3, 0.4) is 0 Å². The van der Waals surface area contributed by atoms with Gasteiger partial charge in [0.15, 0.2) is 9.84 Å². The average Bonchev–Trinajstić information content (AvgIpc) is 3.48. The minimum absolute atomic E-state index is 0.152. The maximum atomic E-state index is 14.0. The third-order valence-corrected chi connectivity index (χ3v) is 9.41. The zero-order chi connectivity index (χ0) is 23.9. The lowest BCUT2D eigenvalue weighted by Gasteiger charge is -2.29. The quantitative estimate of drug-likeness (QED) is 0.431. The van der Waals surface area contributed by atoms with Crippen LogP contribution in [0.1, 0.15) is 52.9 Å². The Hall–Kier alpha value is -1.51. The first-order valence-electron chi connectivity index (χ1n) is 10.5. The molecule has 3 rings (SSSR count).